The molecule has 204 valence electrons. The number of aromatic nitrogens is 5. The summed E-state index contributed by atoms with van der Waals surface area (Å²) in [6.45, 7) is 5.64. The number of aromatic amines is 1. The summed E-state index contributed by atoms with van der Waals surface area (Å²) in [6, 6.07) is 18.1. The number of pyridine rings is 1. The first-order valence-corrected chi connectivity index (χ1v) is 14.1. The van der Waals surface area contributed by atoms with Crippen molar-refractivity contribution in [3.63, 3.8) is 0 Å². The Morgan fingerprint density at radius 2 is 1.95 bits per heavy atom. The van der Waals surface area contributed by atoms with E-state index in [9.17, 15) is 4.79 Å². The predicted octanol–water partition coefficient (Wildman–Crippen LogP) is 4.14. The van der Waals surface area contributed by atoms with Gasteiger partial charge in [-0.15, -0.1) is 5.10 Å². The van der Waals surface area contributed by atoms with Crippen molar-refractivity contribution < 1.29 is 9.47 Å². The van der Waals surface area contributed by atoms with Gasteiger partial charge in [-0.2, -0.15) is 0 Å². The molecule has 0 amide bonds. The van der Waals surface area contributed by atoms with Crippen LogP contribution in [0.15, 0.2) is 59.4 Å². The van der Waals surface area contributed by atoms with Gasteiger partial charge in [0.05, 0.1) is 19.3 Å². The lowest BCUT2D eigenvalue weighted by Crippen LogP contribution is -2.41. The monoisotopic (exact) mass is 528 g/mol. The molecule has 2 aliphatic rings. The molecule has 0 unspecified atom stereocenters. The van der Waals surface area contributed by atoms with Crippen molar-refractivity contribution in [2.24, 2.45) is 5.92 Å². The van der Waals surface area contributed by atoms with E-state index in [1.54, 1.807) is 0 Å². The number of hydrogen-bond donors (Lipinski definition) is 1. The average Bonchev–Trinajstić information content (AvgIpc) is 3.64. The van der Waals surface area contributed by atoms with E-state index in [4.69, 9.17) is 9.47 Å². The van der Waals surface area contributed by atoms with Crippen LogP contribution in [0.25, 0.3) is 10.9 Å². The highest BCUT2D eigenvalue weighted by molar-refractivity contribution is 5.80. The maximum atomic E-state index is 13.6. The lowest BCUT2D eigenvalue weighted by atomic mass is 9.89. The van der Waals surface area contributed by atoms with Crippen LogP contribution in [0.1, 0.15) is 55.6 Å². The maximum absolute atomic E-state index is 13.6. The van der Waals surface area contributed by atoms with E-state index in [1.165, 1.54) is 5.56 Å². The summed E-state index contributed by atoms with van der Waals surface area (Å²) in [5.41, 5.74) is 2.70. The van der Waals surface area contributed by atoms with Crippen LogP contribution in [0.4, 0.5) is 0 Å². The molecule has 4 heterocycles. The van der Waals surface area contributed by atoms with Gasteiger partial charge in [-0.3, -0.25) is 9.69 Å². The normalized spacial score (nSPS) is 19.5. The molecule has 6 rings (SSSR count). The summed E-state index contributed by atoms with van der Waals surface area (Å²) in [5.74, 6) is 2.08. The molecule has 0 radical (unpaired) electrons. The van der Waals surface area contributed by atoms with E-state index in [-0.39, 0.29) is 17.7 Å². The number of rotatable bonds is 9. The second-order valence-electron chi connectivity index (χ2n) is 10.7. The van der Waals surface area contributed by atoms with Crippen molar-refractivity contribution in [3.8, 4) is 5.75 Å². The summed E-state index contributed by atoms with van der Waals surface area (Å²) in [5, 5.41) is 13.8. The molecule has 2 saturated heterocycles. The molecular weight excluding hydrogens is 492 g/mol. The number of likely N-dealkylation sites (tertiary alicyclic amines) is 1. The Morgan fingerprint density at radius 1 is 1.10 bits per heavy atom. The minimum absolute atomic E-state index is 0.0909. The van der Waals surface area contributed by atoms with Crippen LogP contribution in [0.3, 0.4) is 0 Å². The third-order valence-corrected chi connectivity index (χ3v) is 8.04. The number of tetrazole rings is 1. The van der Waals surface area contributed by atoms with Crippen LogP contribution in [0, 0.1) is 5.92 Å². The number of ether oxygens (including phenoxy) is 2. The second kappa shape index (κ2) is 11.7. The molecule has 4 aromatic rings. The zero-order valence-electron chi connectivity index (χ0n) is 22.5. The molecule has 0 aliphatic carbocycles. The lowest BCUT2D eigenvalue weighted by molar-refractivity contribution is 0.0892. The van der Waals surface area contributed by atoms with Gasteiger partial charge in [0.2, 0.25) is 0 Å². The fourth-order valence-corrected chi connectivity index (χ4v) is 6.04. The minimum atomic E-state index is -0.358. The maximum Gasteiger partial charge on any atom is 0.253 e. The van der Waals surface area contributed by atoms with Crippen molar-refractivity contribution in [3.05, 3.63) is 81.9 Å². The van der Waals surface area contributed by atoms with Gasteiger partial charge >= 0.3 is 0 Å². The van der Waals surface area contributed by atoms with E-state index >= 15 is 0 Å². The molecule has 2 aliphatic heterocycles. The third kappa shape index (κ3) is 5.74. The van der Waals surface area contributed by atoms with E-state index < -0.39 is 0 Å². The van der Waals surface area contributed by atoms with Gasteiger partial charge in [-0.05, 0) is 98.3 Å². The Morgan fingerprint density at radius 3 is 2.72 bits per heavy atom. The minimum Gasteiger partial charge on any atom is -0.494 e. The fraction of sp³-hybridized carbons (Fsp3) is 0.467. The van der Waals surface area contributed by atoms with Crippen LogP contribution < -0.4 is 10.3 Å². The lowest BCUT2D eigenvalue weighted by Gasteiger charge is -2.37. The van der Waals surface area contributed by atoms with Crippen LogP contribution in [0.5, 0.6) is 5.75 Å². The Balaban J connectivity index is 1.33. The average molecular weight is 529 g/mol. The molecule has 0 spiro atoms. The van der Waals surface area contributed by atoms with Crippen molar-refractivity contribution in [1.29, 1.82) is 0 Å². The Kier molecular flexibility index (Phi) is 7.69. The molecule has 2 aromatic carbocycles. The first-order chi connectivity index (χ1) is 19.2. The van der Waals surface area contributed by atoms with Crippen LogP contribution in [-0.4, -0.2) is 62.5 Å². The van der Waals surface area contributed by atoms with Crippen LogP contribution in [0.2, 0.25) is 0 Å². The number of nitrogens with zero attached hydrogens (tertiary/aromatic N) is 5. The fourth-order valence-electron chi connectivity index (χ4n) is 6.04. The molecule has 0 saturated carbocycles. The van der Waals surface area contributed by atoms with Gasteiger partial charge < -0.3 is 14.5 Å². The Bertz CT molecular complexity index is 1440. The number of nitrogens with one attached hydrogen (secondary N) is 1. The quantitative estimate of drug-likeness (QED) is 0.349. The molecule has 9 heteroatoms. The molecule has 1 N–H and O–H groups in total. The Labute approximate surface area is 228 Å². The molecule has 2 atom stereocenters. The van der Waals surface area contributed by atoms with Gasteiger partial charge in [-0.1, -0.05) is 30.3 Å². The zero-order chi connectivity index (χ0) is 26.6. The van der Waals surface area contributed by atoms with E-state index in [1.807, 2.05) is 35.9 Å². The van der Waals surface area contributed by atoms with Gasteiger partial charge in [0, 0.05) is 23.1 Å². The molecule has 2 aromatic heterocycles. The summed E-state index contributed by atoms with van der Waals surface area (Å²) < 4.78 is 13.5. The zero-order valence-corrected chi connectivity index (χ0v) is 22.5. The van der Waals surface area contributed by atoms with Crippen molar-refractivity contribution in [2.45, 2.75) is 57.7 Å². The van der Waals surface area contributed by atoms with Crippen LogP contribution in [-0.2, 0) is 17.7 Å². The molecule has 0 bridgehead atoms. The highest BCUT2D eigenvalue weighted by atomic mass is 16.5. The number of benzene rings is 2. The summed E-state index contributed by atoms with van der Waals surface area (Å²) in [4.78, 5) is 19.0. The van der Waals surface area contributed by atoms with E-state index in [0.29, 0.717) is 30.5 Å². The SMILES string of the molecule is CCOc1ccc2[nH]c(=O)c([C@H](c3nnnn3C[C@@H]3CCCO3)N3CCC(Cc4ccccc4)CC3)cc2c1. The van der Waals surface area contributed by atoms with Gasteiger partial charge in [0.15, 0.2) is 5.82 Å². The predicted molar refractivity (Wildman–Crippen MR) is 149 cm³/mol. The first kappa shape index (κ1) is 25.7. The summed E-state index contributed by atoms with van der Waals surface area (Å²) in [6.07, 6.45) is 5.32. The summed E-state index contributed by atoms with van der Waals surface area (Å²) >= 11 is 0. The van der Waals surface area contributed by atoms with Gasteiger partial charge in [-0.25, -0.2) is 4.68 Å². The van der Waals surface area contributed by atoms with E-state index in [2.05, 4.69) is 55.7 Å². The van der Waals surface area contributed by atoms with E-state index in [0.717, 1.165) is 68.5 Å². The number of piperidine rings is 1. The van der Waals surface area contributed by atoms with Gasteiger partial charge in [0.25, 0.3) is 5.56 Å². The highest BCUT2D eigenvalue weighted by Crippen LogP contribution is 2.33. The number of fused-ring (bicyclic) bond motifs is 1. The number of hydrogen-bond acceptors (Lipinski definition) is 7. The van der Waals surface area contributed by atoms with Gasteiger partial charge in [0.1, 0.15) is 11.8 Å². The topological polar surface area (TPSA) is 98.2 Å². The molecule has 39 heavy (non-hydrogen) atoms. The standard InChI is InChI=1S/C30H36N6O3/c1-2-38-24-10-11-27-23(18-24)19-26(30(37)31-27)28(29-32-33-34-36(29)20-25-9-6-16-39-25)35-14-12-22(13-15-35)17-21-7-4-3-5-8-21/h3-5,7-8,10-11,18-19,22,25,28H,2,6,9,12-17,20H2,1H3,(H,31,37)/t25-,28+/m0/s1. The highest BCUT2D eigenvalue weighted by Gasteiger charge is 2.34. The third-order valence-electron chi connectivity index (χ3n) is 8.04. The van der Waals surface area contributed by atoms with Crippen LogP contribution >= 0.6 is 0 Å². The van der Waals surface area contributed by atoms with Crippen molar-refractivity contribution in [2.75, 3.05) is 26.3 Å². The van der Waals surface area contributed by atoms with Crippen molar-refractivity contribution >= 4 is 10.9 Å². The molecular formula is C30H36N6O3. The van der Waals surface area contributed by atoms with Crippen molar-refractivity contribution in [1.82, 2.24) is 30.1 Å². The smallest absolute Gasteiger partial charge is 0.253 e. The molecule has 2 fully saturated rings. The molecule has 9 nitrogen and oxygen atoms in total. The second-order valence-corrected chi connectivity index (χ2v) is 10.7. The Hall–Kier alpha value is -3.56. The number of H-pyrrole nitrogens is 1. The first-order valence-electron chi connectivity index (χ1n) is 14.1. The summed E-state index contributed by atoms with van der Waals surface area (Å²) in [7, 11) is 0. The largest absolute Gasteiger partial charge is 0.494 e.